The van der Waals surface area contributed by atoms with E-state index in [1.54, 1.807) is 6.07 Å². The minimum absolute atomic E-state index is 0.0253. The van der Waals surface area contributed by atoms with Gasteiger partial charge in [-0.25, -0.2) is 0 Å². The average Bonchev–Trinajstić information content (AvgIpc) is 2.37. The van der Waals surface area contributed by atoms with Crippen molar-refractivity contribution >= 4 is 27.6 Å². The van der Waals surface area contributed by atoms with Crippen LogP contribution in [-0.2, 0) is 0 Å². The van der Waals surface area contributed by atoms with Crippen LogP contribution < -0.4 is 5.43 Å². The molecule has 0 aliphatic carbocycles. The Bertz CT molecular complexity index is 662. The van der Waals surface area contributed by atoms with Gasteiger partial charge in [-0.2, -0.15) is 0 Å². The van der Waals surface area contributed by atoms with Crippen molar-refractivity contribution in [3.8, 4) is 5.06 Å². The van der Waals surface area contributed by atoms with Gasteiger partial charge in [0.15, 0.2) is 5.06 Å². The molecule has 5 heteroatoms. The summed E-state index contributed by atoms with van der Waals surface area (Å²) < 4.78 is 0.787. The molecule has 0 amide bonds. The van der Waals surface area contributed by atoms with Gasteiger partial charge in [0.25, 0.3) is 0 Å². The van der Waals surface area contributed by atoms with Gasteiger partial charge in [-0.3, -0.25) is 9.79 Å². The van der Waals surface area contributed by atoms with Gasteiger partial charge in [-0.1, -0.05) is 23.5 Å². The predicted octanol–water partition coefficient (Wildman–Crippen LogP) is 1.95. The molecular formula is C14H16N2O2S. The standard InChI is InChI=1S/C14H16N2O2S/c1-16(2)8-7-15-9-11-13(17)10-5-3-4-6-12(10)19-14(11)18/h3-6,9,18H,7-8H2,1-2H3. The molecule has 0 saturated carbocycles. The molecule has 19 heavy (non-hydrogen) atoms. The van der Waals surface area contributed by atoms with E-state index in [2.05, 4.69) is 4.99 Å². The number of nitrogens with zero attached hydrogens (tertiary/aromatic N) is 2. The second kappa shape index (κ2) is 5.95. The van der Waals surface area contributed by atoms with Crippen molar-refractivity contribution in [2.75, 3.05) is 27.2 Å². The fourth-order valence-electron chi connectivity index (χ4n) is 1.67. The number of likely N-dealkylation sites (N-methyl/N-ethyl adjacent to an activating group) is 1. The molecule has 0 aliphatic heterocycles. The van der Waals surface area contributed by atoms with E-state index in [4.69, 9.17) is 0 Å². The highest BCUT2D eigenvalue weighted by molar-refractivity contribution is 7.20. The van der Waals surface area contributed by atoms with Gasteiger partial charge in [0.05, 0.1) is 12.1 Å². The number of rotatable bonds is 4. The lowest BCUT2D eigenvalue weighted by atomic mass is 10.2. The lowest BCUT2D eigenvalue weighted by molar-refractivity contribution is 0.421. The van der Waals surface area contributed by atoms with Crippen LogP contribution in [0.25, 0.3) is 10.1 Å². The van der Waals surface area contributed by atoms with Crippen molar-refractivity contribution in [2.24, 2.45) is 4.99 Å². The smallest absolute Gasteiger partial charge is 0.200 e. The SMILES string of the molecule is CN(C)CCN=Cc1c(O)sc2ccccc2c1=O. The molecule has 1 N–H and O–H groups in total. The van der Waals surface area contributed by atoms with Crippen LogP contribution in [0.1, 0.15) is 5.56 Å². The van der Waals surface area contributed by atoms with Crippen molar-refractivity contribution in [1.29, 1.82) is 0 Å². The van der Waals surface area contributed by atoms with Crippen molar-refractivity contribution in [2.45, 2.75) is 0 Å². The van der Waals surface area contributed by atoms with Crippen molar-refractivity contribution in [3.05, 3.63) is 40.1 Å². The second-order valence-electron chi connectivity index (χ2n) is 4.48. The van der Waals surface area contributed by atoms with E-state index in [1.807, 2.05) is 37.2 Å². The molecule has 0 radical (unpaired) electrons. The Morgan fingerprint density at radius 2 is 2.11 bits per heavy atom. The molecule has 1 heterocycles. The van der Waals surface area contributed by atoms with E-state index in [9.17, 15) is 9.90 Å². The predicted molar refractivity (Wildman–Crippen MR) is 80.8 cm³/mol. The van der Waals surface area contributed by atoms with Crippen molar-refractivity contribution < 1.29 is 5.11 Å². The molecule has 0 saturated heterocycles. The molecule has 0 aliphatic rings. The highest BCUT2D eigenvalue weighted by Gasteiger charge is 2.09. The summed E-state index contributed by atoms with van der Waals surface area (Å²) in [5.41, 5.74) is 0.114. The summed E-state index contributed by atoms with van der Waals surface area (Å²) in [5.74, 6) is 0. The van der Waals surface area contributed by atoms with Crippen LogP contribution in [0.4, 0.5) is 0 Å². The zero-order valence-electron chi connectivity index (χ0n) is 11.0. The van der Waals surface area contributed by atoms with E-state index in [1.165, 1.54) is 17.6 Å². The Hall–Kier alpha value is -1.72. The minimum atomic E-state index is -0.166. The van der Waals surface area contributed by atoms with Crippen LogP contribution in [-0.4, -0.2) is 43.4 Å². The summed E-state index contributed by atoms with van der Waals surface area (Å²) in [6.07, 6.45) is 1.48. The Labute approximate surface area is 115 Å². The zero-order chi connectivity index (χ0) is 13.8. The monoisotopic (exact) mass is 276 g/mol. The quantitative estimate of drug-likeness (QED) is 0.868. The van der Waals surface area contributed by atoms with Crippen LogP contribution >= 0.6 is 11.3 Å². The molecule has 0 spiro atoms. The maximum absolute atomic E-state index is 12.2. The van der Waals surface area contributed by atoms with Gasteiger partial charge in [0, 0.05) is 22.8 Å². The first kappa shape index (κ1) is 13.7. The fraction of sp³-hybridized carbons (Fsp3) is 0.286. The Balaban J connectivity index is 2.35. The number of hydrogen-bond acceptors (Lipinski definition) is 5. The largest absolute Gasteiger partial charge is 0.499 e. The number of hydrogen-bond donors (Lipinski definition) is 1. The molecule has 4 nitrogen and oxygen atoms in total. The average molecular weight is 276 g/mol. The Kier molecular flexibility index (Phi) is 4.29. The first-order valence-electron chi connectivity index (χ1n) is 5.99. The Morgan fingerprint density at radius 3 is 2.84 bits per heavy atom. The van der Waals surface area contributed by atoms with Crippen LogP contribution in [0.5, 0.6) is 5.06 Å². The van der Waals surface area contributed by atoms with Gasteiger partial charge in [-0.15, -0.1) is 0 Å². The topological polar surface area (TPSA) is 52.9 Å². The van der Waals surface area contributed by atoms with Crippen molar-refractivity contribution in [3.63, 3.8) is 0 Å². The Morgan fingerprint density at radius 1 is 1.37 bits per heavy atom. The minimum Gasteiger partial charge on any atom is -0.499 e. The highest BCUT2D eigenvalue weighted by atomic mass is 32.1. The first-order valence-corrected chi connectivity index (χ1v) is 6.80. The molecular weight excluding hydrogens is 260 g/mol. The van der Waals surface area contributed by atoms with Gasteiger partial charge in [0.2, 0.25) is 5.43 Å². The highest BCUT2D eigenvalue weighted by Crippen LogP contribution is 2.26. The van der Waals surface area contributed by atoms with Crippen LogP contribution in [0.3, 0.4) is 0 Å². The third-order valence-electron chi connectivity index (χ3n) is 2.71. The van der Waals surface area contributed by atoms with Crippen LogP contribution in [0.2, 0.25) is 0 Å². The van der Waals surface area contributed by atoms with E-state index < -0.39 is 0 Å². The normalized spacial score (nSPS) is 11.7. The first-order chi connectivity index (χ1) is 9.09. The molecule has 2 aromatic rings. The van der Waals surface area contributed by atoms with E-state index >= 15 is 0 Å². The summed E-state index contributed by atoms with van der Waals surface area (Å²) in [5, 5.41) is 10.6. The molecule has 2 rings (SSSR count). The summed E-state index contributed by atoms with van der Waals surface area (Å²) in [6, 6.07) is 7.27. The summed E-state index contributed by atoms with van der Waals surface area (Å²) in [4.78, 5) is 18.4. The van der Waals surface area contributed by atoms with E-state index in [0.29, 0.717) is 11.9 Å². The lowest BCUT2D eigenvalue weighted by Crippen LogP contribution is -2.15. The maximum atomic E-state index is 12.2. The summed E-state index contributed by atoms with van der Waals surface area (Å²) >= 11 is 1.20. The third-order valence-corrected chi connectivity index (χ3v) is 3.70. The molecule has 1 aromatic carbocycles. The van der Waals surface area contributed by atoms with Gasteiger partial charge >= 0.3 is 0 Å². The van der Waals surface area contributed by atoms with Crippen molar-refractivity contribution in [1.82, 2.24) is 4.90 Å². The number of benzene rings is 1. The summed E-state index contributed by atoms with van der Waals surface area (Å²) in [6.45, 7) is 1.41. The molecule has 0 unspecified atom stereocenters. The second-order valence-corrected chi connectivity index (χ2v) is 5.52. The molecule has 100 valence electrons. The van der Waals surface area contributed by atoms with Crippen LogP contribution in [0, 0.1) is 0 Å². The molecule has 0 atom stereocenters. The third kappa shape index (κ3) is 3.19. The van der Waals surface area contributed by atoms with Gasteiger partial charge in [-0.05, 0) is 26.2 Å². The maximum Gasteiger partial charge on any atom is 0.200 e. The zero-order valence-corrected chi connectivity index (χ0v) is 11.8. The number of aliphatic imine (C=N–C) groups is 1. The van der Waals surface area contributed by atoms with Gasteiger partial charge in [0.1, 0.15) is 0 Å². The molecule has 0 fully saturated rings. The molecule has 1 aromatic heterocycles. The fourth-order valence-corrected chi connectivity index (χ4v) is 2.55. The van der Waals surface area contributed by atoms with E-state index in [0.717, 1.165) is 11.2 Å². The lowest BCUT2D eigenvalue weighted by Gasteiger charge is -2.05. The van der Waals surface area contributed by atoms with Crippen LogP contribution in [0.15, 0.2) is 34.1 Å². The number of aromatic hydroxyl groups is 1. The summed E-state index contributed by atoms with van der Waals surface area (Å²) in [7, 11) is 3.92. The van der Waals surface area contributed by atoms with E-state index in [-0.39, 0.29) is 16.1 Å². The van der Waals surface area contributed by atoms with Gasteiger partial charge < -0.3 is 10.0 Å². The number of fused-ring (bicyclic) bond motifs is 1. The molecule has 0 bridgehead atoms.